The Kier molecular flexibility index (Phi) is 3.00. The molecule has 0 aromatic heterocycles. The molecule has 0 atom stereocenters. The summed E-state index contributed by atoms with van der Waals surface area (Å²) in [7, 11) is 0. The number of hydrogen-bond acceptors (Lipinski definition) is 1. The molecular formula is C10H12FN. The molecule has 0 heterocycles. The molecule has 1 aromatic carbocycles. The number of halogens is 1. The lowest BCUT2D eigenvalue weighted by Gasteiger charge is -2.00. The fourth-order valence-corrected chi connectivity index (χ4v) is 1.03. The SMILES string of the molecule is C/C(=C/CN)c1cccc(F)c1. The van der Waals surface area contributed by atoms with Crippen molar-refractivity contribution < 1.29 is 4.39 Å². The number of hydrogen-bond donors (Lipinski definition) is 1. The molecule has 0 radical (unpaired) electrons. The first kappa shape index (κ1) is 8.94. The van der Waals surface area contributed by atoms with Crippen LogP contribution in [-0.2, 0) is 0 Å². The van der Waals surface area contributed by atoms with Crippen LogP contribution in [0.3, 0.4) is 0 Å². The maximum atomic E-state index is 12.7. The van der Waals surface area contributed by atoms with E-state index in [1.165, 1.54) is 12.1 Å². The summed E-state index contributed by atoms with van der Waals surface area (Å²) in [5, 5.41) is 0. The molecule has 0 amide bonds. The summed E-state index contributed by atoms with van der Waals surface area (Å²) >= 11 is 0. The topological polar surface area (TPSA) is 26.0 Å². The van der Waals surface area contributed by atoms with Crippen LogP contribution >= 0.6 is 0 Å². The van der Waals surface area contributed by atoms with Gasteiger partial charge in [-0.3, -0.25) is 0 Å². The number of nitrogens with two attached hydrogens (primary N) is 1. The Morgan fingerprint density at radius 1 is 1.58 bits per heavy atom. The number of benzene rings is 1. The zero-order chi connectivity index (χ0) is 8.97. The predicted molar refractivity (Wildman–Crippen MR) is 49.1 cm³/mol. The Balaban J connectivity index is 2.95. The van der Waals surface area contributed by atoms with Crippen LogP contribution in [-0.4, -0.2) is 6.54 Å². The van der Waals surface area contributed by atoms with Crippen LogP contribution < -0.4 is 5.73 Å². The highest BCUT2D eigenvalue weighted by Crippen LogP contribution is 2.13. The average molecular weight is 165 g/mol. The van der Waals surface area contributed by atoms with E-state index in [0.717, 1.165) is 11.1 Å². The second kappa shape index (κ2) is 4.02. The zero-order valence-corrected chi connectivity index (χ0v) is 7.05. The summed E-state index contributed by atoms with van der Waals surface area (Å²) in [6, 6.07) is 6.49. The molecule has 2 heteroatoms. The van der Waals surface area contributed by atoms with Gasteiger partial charge < -0.3 is 5.73 Å². The predicted octanol–water partition coefficient (Wildman–Crippen LogP) is 2.19. The highest BCUT2D eigenvalue weighted by molar-refractivity contribution is 5.63. The second-order valence-electron chi connectivity index (χ2n) is 2.63. The highest BCUT2D eigenvalue weighted by atomic mass is 19.1. The van der Waals surface area contributed by atoms with Gasteiger partial charge in [0, 0.05) is 6.54 Å². The van der Waals surface area contributed by atoms with E-state index in [1.807, 2.05) is 19.1 Å². The molecular weight excluding hydrogens is 153 g/mol. The Labute approximate surface area is 71.7 Å². The molecule has 0 unspecified atom stereocenters. The molecule has 1 nitrogen and oxygen atoms in total. The Morgan fingerprint density at radius 3 is 2.92 bits per heavy atom. The number of allylic oxidation sites excluding steroid dienone is 1. The van der Waals surface area contributed by atoms with Crippen molar-refractivity contribution in [2.45, 2.75) is 6.92 Å². The van der Waals surface area contributed by atoms with Crippen LogP contribution in [0.4, 0.5) is 4.39 Å². The highest BCUT2D eigenvalue weighted by Gasteiger charge is 1.95. The molecule has 64 valence electrons. The summed E-state index contributed by atoms with van der Waals surface area (Å²) in [6.07, 6.45) is 1.87. The molecule has 1 rings (SSSR count). The lowest BCUT2D eigenvalue weighted by atomic mass is 10.1. The van der Waals surface area contributed by atoms with Crippen molar-refractivity contribution >= 4 is 5.57 Å². The molecule has 0 spiro atoms. The van der Waals surface area contributed by atoms with Gasteiger partial charge in [-0.15, -0.1) is 0 Å². The average Bonchev–Trinajstić information content (AvgIpc) is 2.05. The first-order valence-electron chi connectivity index (χ1n) is 3.87. The smallest absolute Gasteiger partial charge is 0.123 e. The Bertz CT molecular complexity index is 292. The largest absolute Gasteiger partial charge is 0.327 e. The molecule has 0 saturated carbocycles. The summed E-state index contributed by atoms with van der Waals surface area (Å²) < 4.78 is 12.7. The van der Waals surface area contributed by atoms with Crippen LogP contribution in [0.15, 0.2) is 30.3 Å². The van der Waals surface area contributed by atoms with Gasteiger partial charge in [-0.05, 0) is 30.2 Å². The van der Waals surface area contributed by atoms with Gasteiger partial charge in [-0.25, -0.2) is 4.39 Å². The molecule has 0 bridgehead atoms. The third-order valence-electron chi connectivity index (χ3n) is 1.70. The molecule has 0 fully saturated rings. The van der Waals surface area contributed by atoms with Crippen molar-refractivity contribution in [3.63, 3.8) is 0 Å². The van der Waals surface area contributed by atoms with Crippen molar-refractivity contribution in [3.8, 4) is 0 Å². The minimum absolute atomic E-state index is 0.211. The van der Waals surface area contributed by atoms with Crippen molar-refractivity contribution in [2.24, 2.45) is 5.73 Å². The monoisotopic (exact) mass is 165 g/mol. The van der Waals surface area contributed by atoms with E-state index in [4.69, 9.17) is 5.73 Å². The molecule has 0 aliphatic carbocycles. The molecule has 2 N–H and O–H groups in total. The van der Waals surface area contributed by atoms with E-state index >= 15 is 0 Å². The van der Waals surface area contributed by atoms with Crippen LogP contribution in [0.1, 0.15) is 12.5 Å². The third-order valence-corrected chi connectivity index (χ3v) is 1.70. The minimum atomic E-state index is -0.211. The molecule has 12 heavy (non-hydrogen) atoms. The molecule has 1 aromatic rings. The number of rotatable bonds is 2. The van der Waals surface area contributed by atoms with Crippen molar-refractivity contribution in [2.75, 3.05) is 6.54 Å². The standard InChI is InChI=1S/C10H12FN/c1-8(5-6-12)9-3-2-4-10(11)7-9/h2-5,7H,6,12H2,1H3/b8-5-. The Morgan fingerprint density at radius 2 is 2.33 bits per heavy atom. The van der Waals surface area contributed by atoms with Gasteiger partial charge in [-0.1, -0.05) is 18.2 Å². The van der Waals surface area contributed by atoms with Crippen molar-refractivity contribution in [1.29, 1.82) is 0 Å². The van der Waals surface area contributed by atoms with E-state index in [2.05, 4.69) is 0 Å². The molecule has 0 aliphatic rings. The van der Waals surface area contributed by atoms with E-state index in [-0.39, 0.29) is 5.82 Å². The van der Waals surface area contributed by atoms with Crippen LogP contribution in [0, 0.1) is 5.82 Å². The van der Waals surface area contributed by atoms with Crippen LogP contribution in [0.2, 0.25) is 0 Å². The first-order valence-corrected chi connectivity index (χ1v) is 3.87. The summed E-state index contributed by atoms with van der Waals surface area (Å²) in [5.74, 6) is -0.211. The lowest BCUT2D eigenvalue weighted by molar-refractivity contribution is 0.627. The van der Waals surface area contributed by atoms with Crippen molar-refractivity contribution in [3.05, 3.63) is 41.7 Å². The van der Waals surface area contributed by atoms with Gasteiger partial charge in [0.05, 0.1) is 0 Å². The fraction of sp³-hybridized carbons (Fsp3) is 0.200. The quantitative estimate of drug-likeness (QED) is 0.714. The summed E-state index contributed by atoms with van der Waals surface area (Å²) in [6.45, 7) is 2.41. The van der Waals surface area contributed by atoms with Crippen molar-refractivity contribution in [1.82, 2.24) is 0 Å². The fourth-order valence-electron chi connectivity index (χ4n) is 1.03. The van der Waals surface area contributed by atoms with Gasteiger partial charge in [0.15, 0.2) is 0 Å². The summed E-state index contributed by atoms with van der Waals surface area (Å²) in [4.78, 5) is 0. The lowest BCUT2D eigenvalue weighted by Crippen LogP contribution is -1.94. The van der Waals surface area contributed by atoms with E-state index in [9.17, 15) is 4.39 Å². The minimum Gasteiger partial charge on any atom is -0.327 e. The van der Waals surface area contributed by atoms with Gasteiger partial charge in [0.1, 0.15) is 5.82 Å². The van der Waals surface area contributed by atoms with Gasteiger partial charge >= 0.3 is 0 Å². The van der Waals surface area contributed by atoms with Gasteiger partial charge in [0.2, 0.25) is 0 Å². The normalized spacial score (nSPS) is 11.8. The van der Waals surface area contributed by atoms with Gasteiger partial charge in [-0.2, -0.15) is 0 Å². The van der Waals surface area contributed by atoms with Crippen LogP contribution in [0.25, 0.3) is 5.57 Å². The molecule has 0 saturated heterocycles. The first-order chi connectivity index (χ1) is 5.74. The van der Waals surface area contributed by atoms with Gasteiger partial charge in [0.25, 0.3) is 0 Å². The maximum Gasteiger partial charge on any atom is 0.123 e. The summed E-state index contributed by atoms with van der Waals surface area (Å²) in [5.41, 5.74) is 7.24. The maximum absolute atomic E-state index is 12.7. The third kappa shape index (κ3) is 2.17. The molecule has 0 aliphatic heterocycles. The van der Waals surface area contributed by atoms with E-state index in [1.54, 1.807) is 6.07 Å². The van der Waals surface area contributed by atoms with Crippen LogP contribution in [0.5, 0.6) is 0 Å². The Hall–Kier alpha value is -1.15. The van der Waals surface area contributed by atoms with E-state index < -0.39 is 0 Å². The zero-order valence-electron chi connectivity index (χ0n) is 7.05. The van der Waals surface area contributed by atoms with E-state index in [0.29, 0.717) is 6.54 Å². The second-order valence-corrected chi connectivity index (χ2v) is 2.63.